The number of halogens is 4. The van der Waals surface area contributed by atoms with Gasteiger partial charge in [0.1, 0.15) is 5.82 Å². The van der Waals surface area contributed by atoms with Crippen molar-refractivity contribution < 1.29 is 26.5 Å². The minimum Gasteiger partial charge on any atom is -0.309 e. The third-order valence-corrected chi connectivity index (χ3v) is 7.71. The molecule has 14 heteroatoms. The monoisotopic (exact) mass is 470 g/mol. The van der Waals surface area contributed by atoms with Gasteiger partial charge in [0.25, 0.3) is 5.69 Å². The first kappa shape index (κ1) is 21.8. The first-order chi connectivity index (χ1) is 13.4. The van der Waals surface area contributed by atoms with Gasteiger partial charge >= 0.3 is 6.18 Å². The molecule has 0 N–H and O–H groups in total. The zero-order valence-electron chi connectivity index (χ0n) is 14.8. The van der Waals surface area contributed by atoms with Crippen molar-refractivity contribution in [2.75, 3.05) is 11.5 Å². The Balaban J connectivity index is 1.88. The molecule has 158 valence electrons. The molecule has 0 spiro atoms. The van der Waals surface area contributed by atoms with Crippen molar-refractivity contribution in [3.63, 3.8) is 0 Å². The number of alkyl halides is 3. The van der Waals surface area contributed by atoms with Crippen LogP contribution in [0.25, 0.3) is 0 Å². The van der Waals surface area contributed by atoms with Crippen LogP contribution in [0.2, 0.25) is 5.02 Å². The largest absolute Gasteiger partial charge is 0.418 e. The van der Waals surface area contributed by atoms with Crippen LogP contribution in [0.15, 0.2) is 22.2 Å². The van der Waals surface area contributed by atoms with E-state index in [0.29, 0.717) is 24.7 Å². The summed E-state index contributed by atoms with van der Waals surface area (Å²) in [6.07, 6.45) is -3.96. The molecule has 1 aliphatic heterocycles. The van der Waals surface area contributed by atoms with Gasteiger partial charge in [-0.1, -0.05) is 11.6 Å². The fraction of sp³-hybridized carbons (Fsp3) is 0.467. The highest BCUT2D eigenvalue weighted by atomic mass is 35.5. The lowest BCUT2D eigenvalue weighted by atomic mass is 10.1. The minimum atomic E-state index is -4.83. The number of sulfone groups is 1. The summed E-state index contributed by atoms with van der Waals surface area (Å²) in [7, 11) is -1.45. The van der Waals surface area contributed by atoms with Gasteiger partial charge in [0, 0.05) is 19.5 Å². The first-order valence-corrected chi connectivity index (χ1v) is 11.2. The number of rotatable bonds is 5. The zero-order valence-corrected chi connectivity index (χ0v) is 17.2. The van der Waals surface area contributed by atoms with E-state index in [9.17, 15) is 31.7 Å². The summed E-state index contributed by atoms with van der Waals surface area (Å²) in [5, 5.41) is 18.7. The van der Waals surface area contributed by atoms with Gasteiger partial charge in [-0.25, -0.2) is 8.42 Å². The number of hydrogen-bond acceptors (Lipinski definition) is 7. The topological polar surface area (TPSA) is 108 Å². The zero-order chi connectivity index (χ0) is 21.6. The number of nitro groups is 1. The second-order valence-electron chi connectivity index (χ2n) is 6.59. The van der Waals surface area contributed by atoms with Crippen molar-refractivity contribution in [1.29, 1.82) is 0 Å². The van der Waals surface area contributed by atoms with Gasteiger partial charge in [0.05, 0.1) is 31.9 Å². The Morgan fingerprint density at radius 1 is 1.38 bits per heavy atom. The van der Waals surface area contributed by atoms with E-state index in [-0.39, 0.29) is 27.5 Å². The van der Waals surface area contributed by atoms with Crippen molar-refractivity contribution in [2.45, 2.75) is 29.1 Å². The molecule has 1 fully saturated rings. The van der Waals surface area contributed by atoms with Crippen molar-refractivity contribution >= 4 is 38.9 Å². The van der Waals surface area contributed by atoms with Crippen LogP contribution in [0, 0.1) is 16.0 Å². The third-order valence-electron chi connectivity index (χ3n) is 4.48. The Bertz CT molecular complexity index is 1070. The summed E-state index contributed by atoms with van der Waals surface area (Å²) in [5.41, 5.74) is -2.05. The van der Waals surface area contributed by atoms with Gasteiger partial charge in [-0.3, -0.25) is 10.1 Å². The molecule has 1 unspecified atom stereocenters. The van der Waals surface area contributed by atoms with E-state index >= 15 is 0 Å². The molecule has 29 heavy (non-hydrogen) atoms. The standard InChI is InChI=1S/C15H14ClF3N4O4S2/c1-22-13(4-8-2-3-29(26,27)7-8)20-21-14(22)28-12-6-10(16)9(15(17,18)19)5-11(12)23(24)25/h5-6,8H,2-4,7H2,1H3. The van der Waals surface area contributed by atoms with E-state index in [0.717, 1.165) is 17.8 Å². The van der Waals surface area contributed by atoms with Crippen LogP contribution >= 0.6 is 23.4 Å². The Morgan fingerprint density at radius 2 is 2.07 bits per heavy atom. The van der Waals surface area contributed by atoms with Gasteiger partial charge in [0.2, 0.25) is 0 Å². The predicted molar refractivity (Wildman–Crippen MR) is 98.7 cm³/mol. The minimum absolute atomic E-state index is 0.0579. The SMILES string of the molecule is Cn1c(CC2CCS(=O)(=O)C2)nnc1Sc1cc(Cl)c(C(F)(F)F)cc1[N+](=O)[O-]. The maximum absolute atomic E-state index is 13.0. The highest BCUT2D eigenvalue weighted by Gasteiger charge is 2.36. The molecule has 8 nitrogen and oxygen atoms in total. The summed E-state index contributed by atoms with van der Waals surface area (Å²) >= 11 is 6.45. The van der Waals surface area contributed by atoms with Gasteiger partial charge in [-0.15, -0.1) is 10.2 Å². The Labute approximate surface area is 172 Å². The summed E-state index contributed by atoms with van der Waals surface area (Å²) < 4.78 is 63.7. The molecule has 0 bridgehead atoms. The van der Waals surface area contributed by atoms with Crippen molar-refractivity contribution in [3.05, 3.63) is 38.7 Å². The number of nitrogens with zero attached hydrogens (tertiary/aromatic N) is 4. The lowest BCUT2D eigenvalue weighted by Gasteiger charge is -2.11. The van der Waals surface area contributed by atoms with Crippen LogP contribution in [0.4, 0.5) is 18.9 Å². The van der Waals surface area contributed by atoms with Crippen LogP contribution in [-0.2, 0) is 29.5 Å². The van der Waals surface area contributed by atoms with Crippen LogP contribution in [0.5, 0.6) is 0 Å². The average Bonchev–Trinajstić information content (AvgIpc) is 3.09. The lowest BCUT2D eigenvalue weighted by molar-refractivity contribution is -0.388. The first-order valence-electron chi connectivity index (χ1n) is 8.19. The van der Waals surface area contributed by atoms with E-state index in [1.165, 1.54) is 4.57 Å². The number of nitro benzene ring substituents is 1. The summed E-state index contributed by atoms with van der Waals surface area (Å²) in [6, 6.07) is 1.27. The normalized spacial score (nSPS) is 18.9. The number of aromatic nitrogens is 3. The van der Waals surface area contributed by atoms with Crippen LogP contribution in [0.1, 0.15) is 17.8 Å². The molecule has 1 aromatic heterocycles. The maximum atomic E-state index is 13.0. The highest BCUT2D eigenvalue weighted by Crippen LogP contribution is 2.42. The molecular weight excluding hydrogens is 457 g/mol. The summed E-state index contributed by atoms with van der Waals surface area (Å²) in [6.45, 7) is 0. The van der Waals surface area contributed by atoms with Crippen LogP contribution in [0.3, 0.4) is 0 Å². The molecule has 1 saturated heterocycles. The number of hydrogen-bond donors (Lipinski definition) is 0. The molecule has 0 amide bonds. The van der Waals surface area contributed by atoms with Gasteiger partial charge < -0.3 is 4.57 Å². The average molecular weight is 471 g/mol. The molecule has 0 aliphatic carbocycles. The lowest BCUT2D eigenvalue weighted by Crippen LogP contribution is -2.11. The molecular formula is C15H14ClF3N4O4S2. The molecule has 1 atom stereocenters. The molecule has 1 aliphatic rings. The van der Waals surface area contributed by atoms with Gasteiger partial charge in [-0.2, -0.15) is 13.2 Å². The van der Waals surface area contributed by atoms with Crippen molar-refractivity contribution in [3.8, 4) is 0 Å². The Hall–Kier alpha value is -1.86. The Morgan fingerprint density at radius 3 is 2.62 bits per heavy atom. The van der Waals surface area contributed by atoms with E-state index in [1.54, 1.807) is 7.05 Å². The van der Waals surface area contributed by atoms with Crippen molar-refractivity contribution in [1.82, 2.24) is 14.8 Å². The molecule has 1 aromatic carbocycles. The molecule has 0 radical (unpaired) electrons. The smallest absolute Gasteiger partial charge is 0.309 e. The second kappa shape index (κ2) is 7.76. The van der Waals surface area contributed by atoms with Gasteiger partial charge in [0.15, 0.2) is 15.0 Å². The van der Waals surface area contributed by atoms with Crippen LogP contribution < -0.4 is 0 Å². The second-order valence-corrected chi connectivity index (χ2v) is 10.2. The van der Waals surface area contributed by atoms with Gasteiger partial charge in [-0.05, 0) is 30.2 Å². The van der Waals surface area contributed by atoms with E-state index in [2.05, 4.69) is 10.2 Å². The molecule has 3 rings (SSSR count). The summed E-state index contributed by atoms with van der Waals surface area (Å²) in [5.74, 6) is 0.557. The van der Waals surface area contributed by atoms with E-state index in [4.69, 9.17) is 11.6 Å². The fourth-order valence-electron chi connectivity index (χ4n) is 2.99. The summed E-state index contributed by atoms with van der Waals surface area (Å²) in [4.78, 5) is 10.2. The van der Waals surface area contributed by atoms with Crippen LogP contribution in [-0.4, -0.2) is 39.6 Å². The molecule has 2 heterocycles. The van der Waals surface area contributed by atoms with E-state index in [1.807, 2.05) is 0 Å². The quantitative estimate of drug-likeness (QED) is 0.486. The molecule has 0 saturated carbocycles. The Kier molecular flexibility index (Phi) is 5.84. The van der Waals surface area contributed by atoms with Crippen molar-refractivity contribution in [2.24, 2.45) is 13.0 Å². The highest BCUT2D eigenvalue weighted by molar-refractivity contribution is 7.99. The maximum Gasteiger partial charge on any atom is 0.418 e. The molecule has 2 aromatic rings. The number of benzene rings is 1. The third kappa shape index (κ3) is 4.83. The van der Waals surface area contributed by atoms with E-state index < -0.39 is 37.2 Å². The fourth-order valence-corrected chi connectivity index (χ4v) is 6.12. The predicted octanol–water partition coefficient (Wildman–Crippen LogP) is 3.52.